The third kappa shape index (κ3) is 3.51. The molecule has 2 atom stereocenters. The summed E-state index contributed by atoms with van der Waals surface area (Å²) in [6.45, 7) is 7.33. The molecule has 20 heavy (non-hydrogen) atoms. The highest BCUT2D eigenvalue weighted by atomic mass is 16.4. The van der Waals surface area contributed by atoms with Crippen LogP contribution in [0, 0.1) is 11.8 Å². The maximum absolute atomic E-state index is 12.6. The van der Waals surface area contributed by atoms with Gasteiger partial charge in [-0.3, -0.25) is 9.59 Å². The molecule has 2 aliphatic rings. The molecule has 0 radical (unpaired) electrons. The van der Waals surface area contributed by atoms with E-state index in [9.17, 15) is 9.59 Å². The van der Waals surface area contributed by atoms with Crippen LogP contribution in [0.15, 0.2) is 0 Å². The fraction of sp³-hybridized carbons (Fsp3) is 0.867. The minimum absolute atomic E-state index is 0.0543. The molecule has 1 N–H and O–H groups in total. The Kier molecular flexibility index (Phi) is 5.02. The maximum atomic E-state index is 12.6. The standard InChI is InChI=1S/C15H26N2O3/c1-11(2)16-7-3-5-12(9-16)14(18)17-8-4-6-13(10-17)15(19)20/h11-13H,3-10H2,1-2H3,(H,19,20). The Balaban J connectivity index is 1.94. The largest absolute Gasteiger partial charge is 0.481 e. The van der Waals surface area contributed by atoms with Gasteiger partial charge in [-0.15, -0.1) is 0 Å². The number of carbonyl (C=O) groups excluding carboxylic acids is 1. The summed E-state index contributed by atoms with van der Waals surface area (Å²) >= 11 is 0. The number of carboxylic acid groups (broad SMARTS) is 1. The number of aliphatic carboxylic acids is 1. The third-order valence-electron chi connectivity index (χ3n) is 4.61. The highest BCUT2D eigenvalue weighted by Crippen LogP contribution is 2.24. The molecule has 0 aliphatic carbocycles. The zero-order chi connectivity index (χ0) is 14.7. The maximum Gasteiger partial charge on any atom is 0.308 e. The van der Waals surface area contributed by atoms with Crippen molar-refractivity contribution in [2.45, 2.75) is 45.6 Å². The van der Waals surface area contributed by atoms with Crippen molar-refractivity contribution in [3.63, 3.8) is 0 Å². The molecule has 0 aromatic carbocycles. The van der Waals surface area contributed by atoms with E-state index in [1.807, 2.05) is 0 Å². The normalized spacial score (nSPS) is 28.6. The zero-order valence-electron chi connectivity index (χ0n) is 12.5. The Morgan fingerprint density at radius 1 is 1.05 bits per heavy atom. The van der Waals surface area contributed by atoms with E-state index in [2.05, 4.69) is 18.7 Å². The fourth-order valence-electron chi connectivity index (χ4n) is 3.31. The minimum Gasteiger partial charge on any atom is -0.481 e. The lowest BCUT2D eigenvalue weighted by Gasteiger charge is -2.38. The number of carbonyl (C=O) groups is 2. The Morgan fingerprint density at radius 2 is 1.70 bits per heavy atom. The first-order chi connectivity index (χ1) is 9.49. The van der Waals surface area contributed by atoms with Crippen molar-refractivity contribution in [1.82, 2.24) is 9.80 Å². The first kappa shape index (κ1) is 15.3. The number of hydrogen-bond donors (Lipinski definition) is 1. The van der Waals surface area contributed by atoms with Crippen molar-refractivity contribution in [2.75, 3.05) is 26.2 Å². The van der Waals surface area contributed by atoms with Gasteiger partial charge in [0.25, 0.3) is 0 Å². The zero-order valence-corrected chi connectivity index (χ0v) is 12.5. The smallest absolute Gasteiger partial charge is 0.308 e. The molecule has 2 saturated heterocycles. The van der Waals surface area contributed by atoms with Gasteiger partial charge in [-0.1, -0.05) is 0 Å². The molecule has 0 saturated carbocycles. The Labute approximate surface area is 120 Å². The van der Waals surface area contributed by atoms with Gasteiger partial charge in [0.05, 0.1) is 11.8 Å². The predicted molar refractivity (Wildman–Crippen MR) is 76.4 cm³/mol. The van der Waals surface area contributed by atoms with Gasteiger partial charge < -0.3 is 14.9 Å². The van der Waals surface area contributed by atoms with Gasteiger partial charge in [0.1, 0.15) is 0 Å². The summed E-state index contributed by atoms with van der Waals surface area (Å²) in [4.78, 5) is 27.8. The predicted octanol–water partition coefficient (Wildman–Crippen LogP) is 1.43. The topological polar surface area (TPSA) is 60.9 Å². The van der Waals surface area contributed by atoms with Gasteiger partial charge in [-0.25, -0.2) is 0 Å². The van der Waals surface area contributed by atoms with E-state index in [0.717, 1.165) is 38.9 Å². The molecule has 2 aliphatic heterocycles. The van der Waals surface area contributed by atoms with Crippen LogP contribution >= 0.6 is 0 Å². The van der Waals surface area contributed by atoms with Crippen LogP contribution < -0.4 is 0 Å². The van der Waals surface area contributed by atoms with Crippen molar-refractivity contribution in [2.24, 2.45) is 11.8 Å². The van der Waals surface area contributed by atoms with E-state index in [0.29, 0.717) is 19.0 Å². The molecule has 2 unspecified atom stereocenters. The molecular formula is C15H26N2O3. The van der Waals surface area contributed by atoms with Crippen LogP contribution in [-0.2, 0) is 9.59 Å². The SMILES string of the molecule is CC(C)N1CCCC(C(=O)N2CCCC(C(=O)O)C2)C1. The Hall–Kier alpha value is -1.10. The molecule has 2 fully saturated rings. The lowest BCUT2D eigenvalue weighted by atomic mass is 9.92. The Bertz CT molecular complexity index is 370. The van der Waals surface area contributed by atoms with Crippen molar-refractivity contribution in [1.29, 1.82) is 0 Å². The quantitative estimate of drug-likeness (QED) is 0.850. The molecule has 5 heteroatoms. The number of likely N-dealkylation sites (tertiary alicyclic amines) is 2. The summed E-state index contributed by atoms with van der Waals surface area (Å²) in [6.07, 6.45) is 3.51. The highest BCUT2D eigenvalue weighted by Gasteiger charge is 2.34. The molecule has 5 nitrogen and oxygen atoms in total. The second kappa shape index (κ2) is 6.57. The number of rotatable bonds is 3. The molecule has 1 amide bonds. The van der Waals surface area contributed by atoms with Crippen molar-refractivity contribution in [3.05, 3.63) is 0 Å². The van der Waals surface area contributed by atoms with Gasteiger partial charge >= 0.3 is 5.97 Å². The summed E-state index contributed by atoms with van der Waals surface area (Å²) in [5.41, 5.74) is 0. The van der Waals surface area contributed by atoms with Gasteiger partial charge in [-0.2, -0.15) is 0 Å². The van der Waals surface area contributed by atoms with E-state index < -0.39 is 5.97 Å². The minimum atomic E-state index is -0.769. The lowest BCUT2D eigenvalue weighted by molar-refractivity contribution is -0.147. The van der Waals surface area contributed by atoms with Crippen molar-refractivity contribution >= 4 is 11.9 Å². The van der Waals surface area contributed by atoms with Crippen LogP contribution in [0.3, 0.4) is 0 Å². The number of nitrogens with zero attached hydrogens (tertiary/aromatic N) is 2. The van der Waals surface area contributed by atoms with Crippen LogP contribution in [0.25, 0.3) is 0 Å². The number of carboxylic acids is 1. The molecule has 0 aromatic heterocycles. The number of amides is 1. The van der Waals surface area contributed by atoms with E-state index in [1.165, 1.54) is 0 Å². The first-order valence-corrected chi connectivity index (χ1v) is 7.74. The summed E-state index contributed by atoms with van der Waals surface area (Å²) in [5, 5.41) is 9.12. The fourth-order valence-corrected chi connectivity index (χ4v) is 3.31. The van der Waals surface area contributed by atoms with Gasteiger partial charge in [0.15, 0.2) is 0 Å². The Morgan fingerprint density at radius 3 is 2.35 bits per heavy atom. The van der Waals surface area contributed by atoms with Gasteiger partial charge in [0, 0.05) is 25.7 Å². The second-order valence-electron chi connectivity index (χ2n) is 6.39. The van der Waals surface area contributed by atoms with Crippen molar-refractivity contribution in [3.8, 4) is 0 Å². The van der Waals surface area contributed by atoms with Gasteiger partial charge in [-0.05, 0) is 46.1 Å². The average Bonchev–Trinajstić information content (AvgIpc) is 2.46. The first-order valence-electron chi connectivity index (χ1n) is 7.74. The second-order valence-corrected chi connectivity index (χ2v) is 6.39. The number of piperidine rings is 2. The number of hydrogen-bond acceptors (Lipinski definition) is 3. The third-order valence-corrected chi connectivity index (χ3v) is 4.61. The lowest BCUT2D eigenvalue weighted by Crippen LogP contribution is -2.50. The van der Waals surface area contributed by atoms with Gasteiger partial charge in [0.2, 0.25) is 5.91 Å². The molecule has 2 heterocycles. The molecule has 0 spiro atoms. The average molecular weight is 282 g/mol. The monoisotopic (exact) mass is 282 g/mol. The van der Waals surface area contributed by atoms with E-state index in [4.69, 9.17) is 5.11 Å². The molecule has 2 rings (SSSR count). The van der Waals surface area contributed by atoms with E-state index in [1.54, 1.807) is 4.90 Å². The molecule has 0 bridgehead atoms. The van der Waals surface area contributed by atoms with Crippen LogP contribution in [-0.4, -0.2) is 59.0 Å². The summed E-state index contributed by atoms with van der Waals surface area (Å²) in [5.74, 6) is -0.924. The summed E-state index contributed by atoms with van der Waals surface area (Å²) in [6, 6.07) is 0.471. The van der Waals surface area contributed by atoms with Crippen LogP contribution in [0.5, 0.6) is 0 Å². The summed E-state index contributed by atoms with van der Waals surface area (Å²) < 4.78 is 0. The molecule has 114 valence electrons. The van der Waals surface area contributed by atoms with E-state index in [-0.39, 0.29) is 17.7 Å². The highest BCUT2D eigenvalue weighted by molar-refractivity contribution is 5.80. The molecular weight excluding hydrogens is 256 g/mol. The van der Waals surface area contributed by atoms with Crippen LogP contribution in [0.4, 0.5) is 0 Å². The van der Waals surface area contributed by atoms with Crippen molar-refractivity contribution < 1.29 is 14.7 Å². The van der Waals surface area contributed by atoms with Crippen LogP contribution in [0.2, 0.25) is 0 Å². The van der Waals surface area contributed by atoms with E-state index >= 15 is 0 Å². The summed E-state index contributed by atoms with van der Waals surface area (Å²) in [7, 11) is 0. The van der Waals surface area contributed by atoms with Crippen LogP contribution in [0.1, 0.15) is 39.5 Å². The molecule has 0 aromatic rings.